The Hall–Kier alpha value is -2.56. The molecule has 1 aliphatic heterocycles. The summed E-state index contributed by atoms with van der Waals surface area (Å²) in [6, 6.07) is 9.53. The normalized spacial score (nSPS) is 13.4. The van der Waals surface area contributed by atoms with Gasteiger partial charge in [-0.2, -0.15) is 0 Å². The Labute approximate surface area is 110 Å². The highest BCUT2D eigenvalue weighted by molar-refractivity contribution is 5.90. The van der Waals surface area contributed by atoms with Crippen LogP contribution in [0.25, 0.3) is 0 Å². The molecule has 0 spiro atoms. The van der Waals surface area contributed by atoms with Gasteiger partial charge in [-0.3, -0.25) is 0 Å². The van der Waals surface area contributed by atoms with Gasteiger partial charge in [0.15, 0.2) is 5.82 Å². The summed E-state index contributed by atoms with van der Waals surface area (Å²) in [7, 11) is 0. The molecular weight excluding hydrogens is 242 g/mol. The minimum absolute atomic E-state index is 0.105. The van der Waals surface area contributed by atoms with Gasteiger partial charge in [-0.25, -0.2) is 9.78 Å². The van der Waals surface area contributed by atoms with Crippen LogP contribution in [-0.4, -0.2) is 22.6 Å². The van der Waals surface area contributed by atoms with E-state index in [1.54, 1.807) is 0 Å². The molecule has 1 aromatic heterocycles. The van der Waals surface area contributed by atoms with Crippen LogP contribution < -0.4 is 10.6 Å². The Bertz CT molecular complexity index is 655. The van der Waals surface area contributed by atoms with Crippen molar-refractivity contribution in [2.24, 2.45) is 0 Å². The number of para-hydroxylation sites is 1. The van der Waals surface area contributed by atoms with Crippen LogP contribution in [0.4, 0.5) is 17.2 Å². The zero-order valence-corrected chi connectivity index (χ0v) is 10.2. The lowest BCUT2D eigenvalue weighted by atomic mass is 10.2. The predicted octanol–water partition coefficient (Wildman–Crippen LogP) is 2.06. The third kappa shape index (κ3) is 1.89. The maximum Gasteiger partial charge on any atom is 0.337 e. The topological polar surface area (TPSA) is 79.5 Å². The monoisotopic (exact) mass is 255 g/mol. The number of pyridine rings is 1. The van der Waals surface area contributed by atoms with E-state index in [1.807, 2.05) is 23.1 Å². The van der Waals surface area contributed by atoms with Gasteiger partial charge in [0.05, 0.1) is 11.3 Å². The van der Waals surface area contributed by atoms with E-state index in [0.717, 1.165) is 18.7 Å². The first-order valence-electron chi connectivity index (χ1n) is 6.01. The Morgan fingerprint density at radius 1 is 1.37 bits per heavy atom. The summed E-state index contributed by atoms with van der Waals surface area (Å²) in [5.41, 5.74) is 8.76. The summed E-state index contributed by atoms with van der Waals surface area (Å²) in [6.45, 7) is 0.808. The van der Waals surface area contributed by atoms with Crippen LogP contribution in [0.2, 0.25) is 0 Å². The van der Waals surface area contributed by atoms with Crippen molar-refractivity contribution in [3.63, 3.8) is 0 Å². The number of carboxylic acids is 1. The van der Waals surface area contributed by atoms with Gasteiger partial charge in [0, 0.05) is 18.4 Å². The number of aromatic nitrogens is 1. The molecule has 0 amide bonds. The highest BCUT2D eigenvalue weighted by Crippen LogP contribution is 2.35. The molecule has 5 nitrogen and oxygen atoms in total. The zero-order chi connectivity index (χ0) is 13.4. The average Bonchev–Trinajstić information content (AvgIpc) is 2.82. The Balaban J connectivity index is 2.03. The van der Waals surface area contributed by atoms with Crippen molar-refractivity contribution < 1.29 is 9.90 Å². The molecule has 1 aromatic carbocycles. The average molecular weight is 255 g/mol. The van der Waals surface area contributed by atoms with Gasteiger partial charge in [0.1, 0.15) is 0 Å². The first-order chi connectivity index (χ1) is 9.16. The molecule has 3 N–H and O–H groups in total. The lowest BCUT2D eigenvalue weighted by molar-refractivity contribution is 0.0696. The number of nitrogen functional groups attached to an aromatic ring is 1. The SMILES string of the molecule is Nc1cc(C(=O)O)cnc1N1CCc2ccccc21. The van der Waals surface area contributed by atoms with E-state index in [0.29, 0.717) is 11.5 Å². The fraction of sp³-hybridized carbons (Fsp3) is 0.143. The van der Waals surface area contributed by atoms with E-state index in [-0.39, 0.29) is 5.56 Å². The zero-order valence-electron chi connectivity index (χ0n) is 10.2. The second-order valence-corrected chi connectivity index (χ2v) is 4.47. The Kier molecular flexibility index (Phi) is 2.59. The van der Waals surface area contributed by atoms with Crippen LogP contribution in [-0.2, 0) is 6.42 Å². The number of benzene rings is 1. The predicted molar refractivity (Wildman–Crippen MR) is 72.8 cm³/mol. The molecule has 5 heteroatoms. The number of hydrogen-bond acceptors (Lipinski definition) is 4. The summed E-state index contributed by atoms with van der Waals surface area (Å²) >= 11 is 0. The fourth-order valence-electron chi connectivity index (χ4n) is 2.38. The number of hydrogen-bond donors (Lipinski definition) is 2. The van der Waals surface area contributed by atoms with Crippen LogP contribution >= 0.6 is 0 Å². The third-order valence-electron chi connectivity index (χ3n) is 3.28. The van der Waals surface area contributed by atoms with Crippen molar-refractivity contribution in [3.05, 3.63) is 47.7 Å². The highest BCUT2D eigenvalue weighted by atomic mass is 16.4. The van der Waals surface area contributed by atoms with Crippen molar-refractivity contribution in [2.75, 3.05) is 17.2 Å². The van der Waals surface area contributed by atoms with E-state index < -0.39 is 5.97 Å². The molecule has 2 heterocycles. The van der Waals surface area contributed by atoms with Crippen molar-refractivity contribution in [1.82, 2.24) is 4.98 Å². The van der Waals surface area contributed by atoms with E-state index in [2.05, 4.69) is 11.1 Å². The van der Waals surface area contributed by atoms with Crippen molar-refractivity contribution in [2.45, 2.75) is 6.42 Å². The van der Waals surface area contributed by atoms with Crippen LogP contribution in [0.5, 0.6) is 0 Å². The highest BCUT2D eigenvalue weighted by Gasteiger charge is 2.22. The van der Waals surface area contributed by atoms with Crippen LogP contribution in [0.15, 0.2) is 36.5 Å². The Morgan fingerprint density at radius 2 is 2.16 bits per heavy atom. The largest absolute Gasteiger partial charge is 0.478 e. The lowest BCUT2D eigenvalue weighted by Crippen LogP contribution is -2.17. The second kappa shape index (κ2) is 4.28. The van der Waals surface area contributed by atoms with Gasteiger partial charge in [-0.1, -0.05) is 18.2 Å². The number of nitrogens with two attached hydrogens (primary N) is 1. The van der Waals surface area contributed by atoms with Gasteiger partial charge in [0.2, 0.25) is 0 Å². The standard InChI is InChI=1S/C14H13N3O2/c15-11-7-10(14(18)19)8-16-13(11)17-6-5-9-3-1-2-4-12(9)17/h1-4,7-8H,5-6,15H2,(H,18,19). The quantitative estimate of drug-likeness (QED) is 0.858. The van der Waals surface area contributed by atoms with Crippen LogP contribution in [0.1, 0.15) is 15.9 Å². The van der Waals surface area contributed by atoms with Crippen molar-refractivity contribution >= 4 is 23.2 Å². The number of rotatable bonds is 2. The van der Waals surface area contributed by atoms with E-state index >= 15 is 0 Å². The number of anilines is 3. The molecule has 0 aliphatic carbocycles. The molecular formula is C14H13N3O2. The van der Waals surface area contributed by atoms with Crippen molar-refractivity contribution in [3.8, 4) is 0 Å². The van der Waals surface area contributed by atoms with Crippen LogP contribution in [0.3, 0.4) is 0 Å². The molecule has 0 radical (unpaired) electrons. The van der Waals surface area contributed by atoms with E-state index in [1.165, 1.54) is 17.8 Å². The maximum absolute atomic E-state index is 10.9. The number of fused-ring (bicyclic) bond motifs is 1. The molecule has 19 heavy (non-hydrogen) atoms. The molecule has 0 bridgehead atoms. The summed E-state index contributed by atoms with van der Waals surface area (Å²) in [6.07, 6.45) is 2.28. The number of aromatic carboxylic acids is 1. The van der Waals surface area contributed by atoms with Crippen molar-refractivity contribution in [1.29, 1.82) is 0 Å². The van der Waals surface area contributed by atoms with Gasteiger partial charge < -0.3 is 15.7 Å². The molecule has 0 unspecified atom stereocenters. The summed E-state index contributed by atoms with van der Waals surface area (Å²) in [4.78, 5) is 17.1. The van der Waals surface area contributed by atoms with E-state index in [4.69, 9.17) is 10.8 Å². The number of nitrogens with zero attached hydrogens (tertiary/aromatic N) is 2. The smallest absolute Gasteiger partial charge is 0.337 e. The second-order valence-electron chi connectivity index (χ2n) is 4.47. The van der Waals surface area contributed by atoms with Gasteiger partial charge in [-0.05, 0) is 24.1 Å². The Morgan fingerprint density at radius 3 is 2.89 bits per heavy atom. The fourth-order valence-corrected chi connectivity index (χ4v) is 2.38. The molecule has 0 atom stereocenters. The molecule has 0 saturated carbocycles. The summed E-state index contributed by atoms with van der Waals surface area (Å²) < 4.78 is 0. The molecule has 3 rings (SSSR count). The third-order valence-corrected chi connectivity index (χ3v) is 3.28. The molecule has 96 valence electrons. The molecule has 2 aromatic rings. The summed E-state index contributed by atoms with van der Waals surface area (Å²) in [5.74, 6) is -0.400. The first-order valence-corrected chi connectivity index (χ1v) is 6.01. The van der Waals surface area contributed by atoms with Crippen LogP contribution in [0, 0.1) is 0 Å². The lowest BCUT2D eigenvalue weighted by Gasteiger charge is -2.20. The van der Waals surface area contributed by atoms with Gasteiger partial charge >= 0.3 is 5.97 Å². The molecule has 0 fully saturated rings. The first kappa shape index (κ1) is 11.5. The maximum atomic E-state index is 10.9. The molecule has 0 saturated heterocycles. The number of carboxylic acid groups (broad SMARTS) is 1. The molecule has 1 aliphatic rings. The number of carbonyl (C=O) groups is 1. The minimum Gasteiger partial charge on any atom is -0.478 e. The van der Waals surface area contributed by atoms with Gasteiger partial charge in [-0.15, -0.1) is 0 Å². The minimum atomic E-state index is -1.02. The summed E-state index contributed by atoms with van der Waals surface area (Å²) in [5, 5.41) is 8.91. The van der Waals surface area contributed by atoms with E-state index in [9.17, 15) is 4.79 Å². The van der Waals surface area contributed by atoms with Gasteiger partial charge in [0.25, 0.3) is 0 Å².